The quantitative estimate of drug-likeness (QED) is 0.691. The second-order valence-corrected chi connectivity index (χ2v) is 5.97. The zero-order valence-corrected chi connectivity index (χ0v) is 13.2. The van der Waals surface area contributed by atoms with Crippen LogP contribution in [0, 0.1) is 0 Å². The van der Waals surface area contributed by atoms with E-state index in [2.05, 4.69) is 31.9 Å². The summed E-state index contributed by atoms with van der Waals surface area (Å²) < 4.78 is 5.58. The molecule has 0 fully saturated rings. The van der Waals surface area contributed by atoms with E-state index in [0.29, 0.717) is 22.4 Å². The molecule has 2 heterocycles. The van der Waals surface area contributed by atoms with Gasteiger partial charge in [0.05, 0.1) is 5.69 Å². The van der Waals surface area contributed by atoms with E-state index in [9.17, 15) is 4.79 Å². The highest BCUT2D eigenvalue weighted by molar-refractivity contribution is 7.99. The summed E-state index contributed by atoms with van der Waals surface area (Å²) in [5.41, 5.74) is 0.652. The number of aliphatic hydroxyl groups excluding tert-OH is 1. The van der Waals surface area contributed by atoms with Crippen LogP contribution < -0.4 is 5.32 Å². The van der Waals surface area contributed by atoms with Gasteiger partial charge >= 0.3 is 0 Å². The van der Waals surface area contributed by atoms with Crippen LogP contribution in [0.3, 0.4) is 0 Å². The molecule has 0 aliphatic carbocycles. The average Bonchev–Trinajstić information content (AvgIpc) is 3.07. The zero-order chi connectivity index (χ0) is 15.1. The van der Waals surface area contributed by atoms with E-state index in [4.69, 9.17) is 5.11 Å². The number of carbonyl (C=O) groups excluding carboxylic acids is 1. The number of hydrogen-bond acceptors (Lipinski definition) is 8. The summed E-state index contributed by atoms with van der Waals surface area (Å²) in [5.74, 6) is 0.718. The molecule has 2 rings (SSSR count). The van der Waals surface area contributed by atoms with Gasteiger partial charge in [0.1, 0.15) is 6.54 Å². The number of nitrogens with zero attached hydrogens (tertiary/aromatic N) is 5. The van der Waals surface area contributed by atoms with Gasteiger partial charge in [-0.3, -0.25) is 10.1 Å². The van der Waals surface area contributed by atoms with Crippen molar-refractivity contribution in [3.05, 3.63) is 11.9 Å². The van der Waals surface area contributed by atoms with Crippen LogP contribution in [-0.2, 0) is 17.8 Å². The predicted octanol–water partition coefficient (Wildman–Crippen LogP) is 0.805. The van der Waals surface area contributed by atoms with E-state index in [1.165, 1.54) is 4.68 Å². The lowest BCUT2D eigenvalue weighted by Crippen LogP contribution is -2.19. The van der Waals surface area contributed by atoms with Gasteiger partial charge in [-0.25, -0.2) is 4.68 Å². The highest BCUT2D eigenvalue weighted by Gasteiger charge is 2.10. The minimum absolute atomic E-state index is 0.00782. The van der Waals surface area contributed by atoms with Gasteiger partial charge < -0.3 is 5.11 Å². The summed E-state index contributed by atoms with van der Waals surface area (Å²) in [6, 6.07) is 0. The summed E-state index contributed by atoms with van der Waals surface area (Å²) in [6.45, 7) is 2.15. The van der Waals surface area contributed by atoms with Crippen LogP contribution >= 0.6 is 23.3 Å². The molecule has 21 heavy (non-hydrogen) atoms. The van der Waals surface area contributed by atoms with Crippen molar-refractivity contribution in [3.8, 4) is 0 Å². The summed E-state index contributed by atoms with van der Waals surface area (Å²) in [5, 5.41) is 20.3. The van der Waals surface area contributed by atoms with Crippen molar-refractivity contribution in [1.82, 2.24) is 24.4 Å². The minimum atomic E-state index is -0.237. The molecule has 8 nitrogen and oxygen atoms in total. The first-order valence-corrected chi connectivity index (χ1v) is 8.23. The first-order chi connectivity index (χ1) is 10.2. The molecule has 0 radical (unpaired) electrons. The first kappa shape index (κ1) is 15.9. The van der Waals surface area contributed by atoms with Crippen molar-refractivity contribution in [2.24, 2.45) is 0 Å². The fraction of sp³-hybridized carbons (Fsp3) is 0.545. The molecule has 0 unspecified atom stereocenters. The lowest BCUT2D eigenvalue weighted by Gasteiger charge is -2.00. The van der Waals surface area contributed by atoms with Crippen LogP contribution in [0.5, 0.6) is 0 Å². The lowest BCUT2D eigenvalue weighted by atomic mass is 10.3. The maximum atomic E-state index is 11.9. The molecule has 2 aromatic heterocycles. The van der Waals surface area contributed by atoms with Gasteiger partial charge in [-0.1, -0.05) is 23.9 Å². The second-order valence-electron chi connectivity index (χ2n) is 4.16. The van der Waals surface area contributed by atoms with E-state index >= 15 is 0 Å². The molecule has 10 heteroatoms. The zero-order valence-electron chi connectivity index (χ0n) is 11.5. The fourth-order valence-corrected chi connectivity index (χ4v) is 2.88. The Morgan fingerprint density at radius 2 is 2.43 bits per heavy atom. The third kappa shape index (κ3) is 5.06. The Balaban J connectivity index is 1.84. The second kappa shape index (κ2) is 8.05. The molecule has 2 aromatic rings. The van der Waals surface area contributed by atoms with Crippen LogP contribution in [-0.4, -0.2) is 47.7 Å². The largest absolute Gasteiger partial charge is 0.396 e. The predicted molar refractivity (Wildman–Crippen MR) is 80.4 cm³/mol. The van der Waals surface area contributed by atoms with Crippen molar-refractivity contribution in [2.75, 3.05) is 17.7 Å². The SMILES string of the molecule is CCCSc1nsc(NC(=O)Cn2cc(CCO)nn2)n1. The van der Waals surface area contributed by atoms with Crippen LogP contribution in [0.1, 0.15) is 19.0 Å². The highest BCUT2D eigenvalue weighted by atomic mass is 32.2. The summed E-state index contributed by atoms with van der Waals surface area (Å²) in [6.07, 6.45) is 3.11. The molecular weight excluding hydrogens is 312 g/mol. The Labute approximate surface area is 130 Å². The summed E-state index contributed by atoms with van der Waals surface area (Å²) >= 11 is 2.73. The van der Waals surface area contributed by atoms with Gasteiger partial charge in [-0.05, 0) is 6.42 Å². The Morgan fingerprint density at radius 3 is 3.19 bits per heavy atom. The molecule has 2 N–H and O–H groups in total. The smallest absolute Gasteiger partial charge is 0.247 e. The van der Waals surface area contributed by atoms with Crippen LogP contribution in [0.2, 0.25) is 0 Å². The van der Waals surface area contributed by atoms with E-state index in [-0.39, 0.29) is 19.1 Å². The van der Waals surface area contributed by atoms with Gasteiger partial charge in [0.25, 0.3) is 0 Å². The maximum Gasteiger partial charge on any atom is 0.247 e. The summed E-state index contributed by atoms with van der Waals surface area (Å²) in [7, 11) is 0. The third-order valence-electron chi connectivity index (χ3n) is 2.35. The number of aliphatic hydroxyl groups is 1. The molecule has 0 atom stereocenters. The van der Waals surface area contributed by atoms with Crippen molar-refractivity contribution in [2.45, 2.75) is 31.5 Å². The van der Waals surface area contributed by atoms with Crippen LogP contribution in [0.15, 0.2) is 11.4 Å². The number of anilines is 1. The molecule has 114 valence electrons. The molecular formula is C11H16N6O2S2. The number of rotatable bonds is 8. The van der Waals surface area contributed by atoms with E-state index in [0.717, 1.165) is 23.7 Å². The fourth-order valence-electron chi connectivity index (χ4n) is 1.46. The first-order valence-electron chi connectivity index (χ1n) is 6.47. The number of thioether (sulfide) groups is 1. The third-order valence-corrected chi connectivity index (χ3v) is 4.15. The standard InChI is InChI=1S/C11H16N6O2S2/c1-2-5-20-11-13-10(21-15-11)12-9(19)7-17-6-8(3-4-18)14-16-17/h6,18H,2-5,7H2,1H3,(H,12,13,15,19). The topological polar surface area (TPSA) is 106 Å². The van der Waals surface area contributed by atoms with E-state index in [1.54, 1.807) is 18.0 Å². The van der Waals surface area contributed by atoms with Gasteiger partial charge in [0, 0.05) is 36.5 Å². The Kier molecular flexibility index (Phi) is 6.08. The monoisotopic (exact) mass is 328 g/mol. The summed E-state index contributed by atoms with van der Waals surface area (Å²) in [4.78, 5) is 16.1. The lowest BCUT2D eigenvalue weighted by molar-refractivity contribution is -0.116. The Bertz CT molecular complexity index is 585. The number of amides is 1. The van der Waals surface area contributed by atoms with Gasteiger partial charge in [-0.15, -0.1) is 5.10 Å². The average molecular weight is 328 g/mol. The van der Waals surface area contributed by atoms with E-state index < -0.39 is 0 Å². The number of hydrogen-bond donors (Lipinski definition) is 2. The Morgan fingerprint density at radius 1 is 1.57 bits per heavy atom. The van der Waals surface area contributed by atoms with Crippen molar-refractivity contribution >= 4 is 34.3 Å². The van der Waals surface area contributed by atoms with Crippen LogP contribution in [0.4, 0.5) is 5.13 Å². The van der Waals surface area contributed by atoms with Gasteiger partial charge in [0.15, 0.2) is 0 Å². The molecule has 0 saturated heterocycles. The molecule has 0 aromatic carbocycles. The van der Waals surface area contributed by atoms with Crippen LogP contribution in [0.25, 0.3) is 0 Å². The van der Waals surface area contributed by atoms with Gasteiger partial charge in [-0.2, -0.15) is 9.36 Å². The van der Waals surface area contributed by atoms with E-state index in [1.807, 2.05) is 0 Å². The molecule has 0 spiro atoms. The van der Waals surface area contributed by atoms with Crippen molar-refractivity contribution < 1.29 is 9.90 Å². The minimum Gasteiger partial charge on any atom is -0.396 e. The normalized spacial score (nSPS) is 10.8. The molecule has 1 amide bonds. The number of aromatic nitrogens is 5. The van der Waals surface area contributed by atoms with Gasteiger partial charge in [0.2, 0.25) is 16.2 Å². The maximum absolute atomic E-state index is 11.9. The molecule has 0 bridgehead atoms. The highest BCUT2D eigenvalue weighted by Crippen LogP contribution is 2.20. The van der Waals surface area contributed by atoms with Crippen molar-refractivity contribution in [1.29, 1.82) is 0 Å². The number of carbonyl (C=O) groups is 1. The molecule has 0 aliphatic rings. The number of nitrogens with one attached hydrogen (secondary N) is 1. The molecule has 0 aliphatic heterocycles. The molecule has 0 saturated carbocycles. The van der Waals surface area contributed by atoms with Crippen molar-refractivity contribution in [3.63, 3.8) is 0 Å². The Hall–Kier alpha value is -1.52.